The second-order valence-corrected chi connectivity index (χ2v) is 6.28. The van der Waals surface area contributed by atoms with Crippen LogP contribution in [0.25, 0.3) is 0 Å². The minimum Gasteiger partial charge on any atom is -0.357 e. The summed E-state index contributed by atoms with van der Waals surface area (Å²) in [4.78, 5) is 18.9. The summed E-state index contributed by atoms with van der Waals surface area (Å²) < 4.78 is 0. The van der Waals surface area contributed by atoms with Crippen molar-refractivity contribution in [3.63, 3.8) is 0 Å². The van der Waals surface area contributed by atoms with E-state index >= 15 is 0 Å². The molecule has 7 heteroatoms. The Kier molecular flexibility index (Phi) is 10.6. The van der Waals surface area contributed by atoms with Crippen LogP contribution in [0.15, 0.2) is 29.3 Å². The predicted octanol–water partition coefficient (Wildman–Crippen LogP) is 2.20. The van der Waals surface area contributed by atoms with E-state index in [1.165, 1.54) is 19.4 Å². The van der Waals surface area contributed by atoms with Crippen molar-refractivity contribution in [1.82, 2.24) is 20.9 Å². The van der Waals surface area contributed by atoms with Gasteiger partial charge in [-0.05, 0) is 50.6 Å². The Morgan fingerprint density at radius 3 is 2.81 bits per heavy atom. The van der Waals surface area contributed by atoms with Crippen LogP contribution in [0.1, 0.15) is 42.6 Å². The van der Waals surface area contributed by atoms with Gasteiger partial charge in [0.1, 0.15) is 0 Å². The Hall–Kier alpha value is -1.35. The minimum absolute atomic E-state index is 0. The highest BCUT2D eigenvalue weighted by Gasteiger charge is 2.22. The number of amides is 1. The van der Waals surface area contributed by atoms with Gasteiger partial charge in [0.15, 0.2) is 5.96 Å². The Morgan fingerprint density at radius 2 is 2.12 bits per heavy atom. The SMILES string of the molecule is CCNC(=NCc1cccc(C(=O)NC)c1)NCC1CCCN1CC.I. The second kappa shape index (κ2) is 12.1. The van der Waals surface area contributed by atoms with Crippen molar-refractivity contribution >= 4 is 35.8 Å². The molecule has 3 N–H and O–H groups in total. The van der Waals surface area contributed by atoms with Gasteiger partial charge < -0.3 is 16.0 Å². The molecule has 1 aromatic carbocycles. The van der Waals surface area contributed by atoms with Crippen molar-refractivity contribution in [2.45, 2.75) is 39.3 Å². The zero-order valence-electron chi connectivity index (χ0n) is 16.0. The molecule has 1 heterocycles. The number of likely N-dealkylation sites (N-methyl/N-ethyl adjacent to an activating group) is 1. The second-order valence-electron chi connectivity index (χ2n) is 6.28. The van der Waals surface area contributed by atoms with Gasteiger partial charge in [0.05, 0.1) is 6.54 Å². The lowest BCUT2D eigenvalue weighted by atomic mass is 10.1. The van der Waals surface area contributed by atoms with Gasteiger partial charge in [-0.2, -0.15) is 0 Å². The Labute approximate surface area is 174 Å². The van der Waals surface area contributed by atoms with Gasteiger partial charge in [-0.1, -0.05) is 19.1 Å². The lowest BCUT2D eigenvalue weighted by Crippen LogP contribution is -2.44. The van der Waals surface area contributed by atoms with E-state index in [0.717, 1.165) is 31.2 Å². The molecule has 1 aliphatic rings. The van der Waals surface area contributed by atoms with Crippen molar-refractivity contribution in [2.24, 2.45) is 4.99 Å². The van der Waals surface area contributed by atoms with Gasteiger partial charge in [-0.15, -0.1) is 24.0 Å². The first-order valence-corrected chi connectivity index (χ1v) is 9.25. The van der Waals surface area contributed by atoms with Crippen LogP contribution < -0.4 is 16.0 Å². The molecule has 0 saturated carbocycles. The Bertz CT molecular complexity index is 593. The lowest BCUT2D eigenvalue weighted by Gasteiger charge is -2.24. The van der Waals surface area contributed by atoms with E-state index < -0.39 is 0 Å². The molecular formula is C19H32IN5O. The molecule has 0 radical (unpaired) electrons. The van der Waals surface area contributed by atoms with E-state index in [0.29, 0.717) is 18.2 Å². The molecule has 146 valence electrons. The largest absolute Gasteiger partial charge is 0.357 e. The zero-order chi connectivity index (χ0) is 18.1. The maximum Gasteiger partial charge on any atom is 0.251 e. The van der Waals surface area contributed by atoms with Crippen LogP contribution in [0.4, 0.5) is 0 Å². The maximum atomic E-state index is 11.7. The molecule has 0 aliphatic carbocycles. The van der Waals surface area contributed by atoms with Crippen LogP contribution in [0.2, 0.25) is 0 Å². The average Bonchev–Trinajstić information content (AvgIpc) is 3.11. The number of likely N-dealkylation sites (tertiary alicyclic amines) is 1. The predicted molar refractivity (Wildman–Crippen MR) is 118 cm³/mol. The number of nitrogens with zero attached hydrogens (tertiary/aromatic N) is 2. The fraction of sp³-hybridized carbons (Fsp3) is 0.579. The van der Waals surface area contributed by atoms with E-state index in [2.05, 4.69) is 39.7 Å². The summed E-state index contributed by atoms with van der Waals surface area (Å²) in [5, 5.41) is 9.41. The highest BCUT2D eigenvalue weighted by atomic mass is 127. The third-order valence-corrected chi connectivity index (χ3v) is 4.59. The summed E-state index contributed by atoms with van der Waals surface area (Å²) in [6, 6.07) is 8.18. The monoisotopic (exact) mass is 473 g/mol. The van der Waals surface area contributed by atoms with Crippen molar-refractivity contribution in [2.75, 3.05) is 33.2 Å². The maximum absolute atomic E-state index is 11.7. The highest BCUT2D eigenvalue weighted by Crippen LogP contribution is 2.15. The Balaban J connectivity index is 0.00000338. The fourth-order valence-corrected chi connectivity index (χ4v) is 3.22. The molecule has 6 nitrogen and oxygen atoms in total. The number of benzene rings is 1. The number of nitrogens with one attached hydrogen (secondary N) is 3. The number of aliphatic imine (C=N–C) groups is 1. The topological polar surface area (TPSA) is 68.8 Å². The number of carbonyl (C=O) groups is 1. The summed E-state index contributed by atoms with van der Waals surface area (Å²) in [6.45, 7) is 8.87. The molecule has 0 aromatic heterocycles. The molecule has 26 heavy (non-hydrogen) atoms. The van der Waals surface area contributed by atoms with Crippen molar-refractivity contribution in [3.05, 3.63) is 35.4 Å². The molecule has 1 fully saturated rings. The number of halogens is 1. The number of rotatable bonds is 7. The van der Waals surface area contributed by atoms with Crippen LogP contribution in [-0.2, 0) is 6.54 Å². The van der Waals surface area contributed by atoms with Gasteiger partial charge >= 0.3 is 0 Å². The smallest absolute Gasteiger partial charge is 0.251 e. The normalized spacial score (nSPS) is 17.5. The standard InChI is InChI=1S/C19H31N5O.HI/c1-4-21-19(23-14-17-10-7-11-24(17)5-2)22-13-15-8-6-9-16(12-15)18(25)20-3;/h6,8-9,12,17H,4-5,7,10-11,13-14H2,1-3H3,(H,20,25)(H2,21,22,23);1H. The number of hydrogen-bond donors (Lipinski definition) is 3. The molecule has 0 spiro atoms. The van der Waals surface area contributed by atoms with Crippen molar-refractivity contribution in [1.29, 1.82) is 0 Å². The summed E-state index contributed by atoms with van der Waals surface area (Å²) >= 11 is 0. The third-order valence-electron chi connectivity index (χ3n) is 4.59. The summed E-state index contributed by atoms with van der Waals surface area (Å²) in [5.41, 5.74) is 1.69. The molecule has 1 amide bonds. The first-order chi connectivity index (χ1) is 12.2. The number of carbonyl (C=O) groups excluding carboxylic acids is 1. The fourth-order valence-electron chi connectivity index (χ4n) is 3.22. The molecule has 1 aliphatic heterocycles. The molecule has 1 saturated heterocycles. The number of guanidine groups is 1. The third kappa shape index (κ3) is 6.75. The van der Waals surface area contributed by atoms with Gasteiger partial charge in [-0.3, -0.25) is 9.69 Å². The van der Waals surface area contributed by atoms with Gasteiger partial charge in [0.2, 0.25) is 0 Å². The van der Waals surface area contributed by atoms with Crippen LogP contribution in [-0.4, -0.2) is 56.0 Å². The number of hydrogen-bond acceptors (Lipinski definition) is 3. The summed E-state index contributed by atoms with van der Waals surface area (Å²) in [6.07, 6.45) is 2.52. The lowest BCUT2D eigenvalue weighted by molar-refractivity contribution is 0.0963. The summed E-state index contributed by atoms with van der Waals surface area (Å²) in [7, 11) is 1.64. The average molecular weight is 473 g/mol. The van der Waals surface area contributed by atoms with Gasteiger partial charge in [-0.25, -0.2) is 4.99 Å². The first kappa shape index (κ1) is 22.7. The Morgan fingerprint density at radius 1 is 1.31 bits per heavy atom. The molecule has 1 aromatic rings. The molecule has 2 rings (SSSR count). The molecule has 1 unspecified atom stereocenters. The van der Waals surface area contributed by atoms with Gasteiger partial charge in [0.25, 0.3) is 5.91 Å². The van der Waals surface area contributed by atoms with Crippen LogP contribution in [0.3, 0.4) is 0 Å². The van der Waals surface area contributed by atoms with E-state index in [-0.39, 0.29) is 29.9 Å². The van der Waals surface area contributed by atoms with Crippen LogP contribution in [0.5, 0.6) is 0 Å². The first-order valence-electron chi connectivity index (χ1n) is 9.25. The van der Waals surface area contributed by atoms with E-state index in [1.807, 2.05) is 24.3 Å². The highest BCUT2D eigenvalue weighted by molar-refractivity contribution is 14.0. The zero-order valence-corrected chi connectivity index (χ0v) is 18.4. The van der Waals surface area contributed by atoms with Crippen molar-refractivity contribution < 1.29 is 4.79 Å². The summed E-state index contributed by atoms with van der Waals surface area (Å²) in [5.74, 6) is 0.757. The van der Waals surface area contributed by atoms with E-state index in [4.69, 9.17) is 0 Å². The molecule has 0 bridgehead atoms. The van der Waals surface area contributed by atoms with E-state index in [1.54, 1.807) is 7.05 Å². The van der Waals surface area contributed by atoms with Crippen LogP contribution >= 0.6 is 24.0 Å². The minimum atomic E-state index is -0.0725. The molecule has 1 atom stereocenters. The molecular weight excluding hydrogens is 441 g/mol. The van der Waals surface area contributed by atoms with Crippen molar-refractivity contribution in [3.8, 4) is 0 Å². The quantitative estimate of drug-likeness (QED) is 0.323. The van der Waals surface area contributed by atoms with E-state index in [9.17, 15) is 4.79 Å². The van der Waals surface area contributed by atoms with Gasteiger partial charge in [0, 0.05) is 31.7 Å². The van der Waals surface area contributed by atoms with Crippen LogP contribution in [0, 0.1) is 0 Å².